The van der Waals surface area contributed by atoms with Crippen molar-refractivity contribution in [3.8, 4) is 0 Å². The summed E-state index contributed by atoms with van der Waals surface area (Å²) in [6.07, 6.45) is 9.31. The highest BCUT2D eigenvalue weighted by molar-refractivity contribution is 5.86. The number of aromatic amines is 1. The molecule has 0 radical (unpaired) electrons. The highest BCUT2D eigenvalue weighted by Crippen LogP contribution is 2.81. The molecule has 9 unspecified atom stereocenters. The molecule has 3 spiro atoms. The average molecular weight is 488 g/mol. The number of ether oxygens (including phenoxy) is 1. The zero-order valence-corrected chi connectivity index (χ0v) is 21.7. The first-order chi connectivity index (χ1) is 17.2. The second kappa shape index (κ2) is 6.52. The molecule has 8 rings (SSSR count). The Morgan fingerprint density at radius 1 is 1.14 bits per heavy atom. The quantitative estimate of drug-likeness (QED) is 0.559. The van der Waals surface area contributed by atoms with Crippen molar-refractivity contribution >= 4 is 16.5 Å². The molecule has 6 heteroatoms. The summed E-state index contributed by atoms with van der Waals surface area (Å²) in [4.78, 5) is 2.08. The number of allylic oxidation sites excluding steroid dienone is 3. The van der Waals surface area contributed by atoms with Gasteiger partial charge >= 0.3 is 0 Å². The molecule has 36 heavy (non-hydrogen) atoms. The molecule has 2 bridgehead atoms. The van der Waals surface area contributed by atoms with Crippen molar-refractivity contribution in [3.63, 3.8) is 0 Å². The van der Waals surface area contributed by atoms with Crippen LogP contribution in [-0.4, -0.2) is 68.9 Å². The van der Waals surface area contributed by atoms with Gasteiger partial charge in [-0.05, 0) is 88.2 Å². The zero-order chi connectivity index (χ0) is 24.8. The van der Waals surface area contributed by atoms with E-state index in [-0.39, 0.29) is 28.1 Å². The van der Waals surface area contributed by atoms with E-state index in [4.69, 9.17) is 4.74 Å². The lowest BCUT2D eigenvalue weighted by atomic mass is 9.57. The van der Waals surface area contributed by atoms with Crippen LogP contribution in [0.15, 0.2) is 35.9 Å². The van der Waals surface area contributed by atoms with Gasteiger partial charge in [0, 0.05) is 33.9 Å². The maximum atomic E-state index is 11.5. The van der Waals surface area contributed by atoms with Crippen LogP contribution < -0.4 is 0 Å². The molecule has 9 atom stereocenters. The minimum atomic E-state index is -0.727. The molecule has 1 aromatic carbocycles. The van der Waals surface area contributed by atoms with Crippen LogP contribution in [0.3, 0.4) is 0 Å². The zero-order valence-electron chi connectivity index (χ0n) is 21.7. The Balaban J connectivity index is 1.21. The Morgan fingerprint density at radius 2 is 1.97 bits per heavy atom. The molecule has 190 valence electrons. The Labute approximate surface area is 212 Å². The van der Waals surface area contributed by atoms with Crippen LogP contribution in [0.1, 0.15) is 56.7 Å². The molecule has 1 aromatic heterocycles. The van der Waals surface area contributed by atoms with Crippen LogP contribution >= 0.6 is 0 Å². The van der Waals surface area contributed by atoms with E-state index in [2.05, 4.69) is 59.3 Å². The molecule has 2 saturated heterocycles. The molecule has 6 nitrogen and oxygen atoms in total. The smallest absolute Gasteiger partial charge is 0.0961 e. The minimum absolute atomic E-state index is 0.0106. The van der Waals surface area contributed by atoms with Crippen LogP contribution in [-0.2, 0) is 4.74 Å². The number of H-pyrrole nitrogens is 1. The molecule has 3 N–H and O–H groups in total. The number of hydrogen-bond donors (Lipinski definition) is 3. The molecule has 0 amide bonds. The topological polar surface area (TPSA) is 81.6 Å². The van der Waals surface area contributed by atoms with Gasteiger partial charge in [0.1, 0.15) is 0 Å². The van der Waals surface area contributed by atoms with E-state index in [1.54, 1.807) is 0 Å². The highest BCUT2D eigenvalue weighted by atomic mass is 16.5. The Bertz CT molecular complexity index is 1380. The lowest BCUT2D eigenvalue weighted by Crippen LogP contribution is -2.67. The van der Waals surface area contributed by atoms with E-state index >= 15 is 0 Å². The largest absolute Gasteiger partial charge is 0.390 e. The van der Waals surface area contributed by atoms with Gasteiger partial charge in [-0.25, -0.2) is 0 Å². The minimum Gasteiger partial charge on any atom is -0.390 e. The Morgan fingerprint density at radius 3 is 2.78 bits per heavy atom. The molecular formula is C30H37N3O3. The number of aromatic nitrogens is 2. The molecule has 4 fully saturated rings. The van der Waals surface area contributed by atoms with Crippen LogP contribution in [0.25, 0.3) is 16.5 Å². The van der Waals surface area contributed by atoms with Crippen molar-refractivity contribution in [1.29, 1.82) is 0 Å². The number of nitrogens with zero attached hydrogens (tertiary/aromatic N) is 2. The maximum Gasteiger partial charge on any atom is 0.0961 e. The van der Waals surface area contributed by atoms with E-state index in [0.29, 0.717) is 11.8 Å². The number of likely N-dealkylation sites (N-methyl/N-ethyl adjacent to an activating group) is 1. The van der Waals surface area contributed by atoms with Gasteiger partial charge in [-0.1, -0.05) is 31.2 Å². The SMILES string of the molecule is Cc1[nH]nc2cc(C3=CCC4C3(C)CC=C3C5CC56C(O)C(O)C(N(C)C)CC65CCC34O5)ccc12. The van der Waals surface area contributed by atoms with Crippen molar-refractivity contribution in [2.45, 2.75) is 81.8 Å². The number of benzene rings is 1. The van der Waals surface area contributed by atoms with Crippen LogP contribution in [0.5, 0.6) is 0 Å². The second-order valence-corrected chi connectivity index (χ2v) is 13.2. The van der Waals surface area contributed by atoms with Crippen LogP contribution in [0.2, 0.25) is 0 Å². The normalized spacial score (nSPS) is 48.2. The van der Waals surface area contributed by atoms with Gasteiger partial charge in [0.15, 0.2) is 0 Å². The van der Waals surface area contributed by atoms with Crippen LogP contribution in [0, 0.1) is 29.6 Å². The summed E-state index contributed by atoms with van der Waals surface area (Å²) in [6.45, 7) is 4.52. The van der Waals surface area contributed by atoms with Gasteiger partial charge in [-0.15, -0.1) is 0 Å². The van der Waals surface area contributed by atoms with Gasteiger partial charge in [0.2, 0.25) is 0 Å². The van der Waals surface area contributed by atoms with Crippen molar-refractivity contribution in [2.75, 3.05) is 14.1 Å². The van der Waals surface area contributed by atoms with Gasteiger partial charge < -0.3 is 19.8 Å². The summed E-state index contributed by atoms with van der Waals surface area (Å²) >= 11 is 0. The third-order valence-electron chi connectivity index (χ3n) is 11.7. The van der Waals surface area contributed by atoms with Crippen molar-refractivity contribution < 1.29 is 14.9 Å². The fraction of sp³-hybridized carbons (Fsp3) is 0.633. The van der Waals surface area contributed by atoms with Gasteiger partial charge in [-0.3, -0.25) is 5.10 Å². The van der Waals surface area contributed by atoms with Crippen LogP contribution in [0.4, 0.5) is 0 Å². The summed E-state index contributed by atoms with van der Waals surface area (Å²) in [5.74, 6) is 0.745. The first kappa shape index (κ1) is 22.0. The predicted octanol–water partition coefficient (Wildman–Crippen LogP) is 3.97. The van der Waals surface area contributed by atoms with Crippen molar-refractivity contribution in [3.05, 3.63) is 47.2 Å². The summed E-state index contributed by atoms with van der Waals surface area (Å²) in [6, 6.07) is 6.65. The van der Waals surface area contributed by atoms with E-state index < -0.39 is 12.2 Å². The molecule has 3 heterocycles. The number of aliphatic hydroxyl groups excluding tert-OH is 2. The summed E-state index contributed by atoms with van der Waals surface area (Å²) < 4.78 is 7.44. The van der Waals surface area contributed by atoms with E-state index in [9.17, 15) is 10.2 Å². The number of fused-ring (bicyclic) bond motifs is 3. The number of hydrogen-bond acceptors (Lipinski definition) is 5. The third kappa shape index (κ3) is 2.25. The fourth-order valence-electron chi connectivity index (χ4n) is 9.94. The van der Waals surface area contributed by atoms with Crippen molar-refractivity contribution in [2.24, 2.45) is 22.7 Å². The highest BCUT2D eigenvalue weighted by Gasteiger charge is 2.84. The third-order valence-corrected chi connectivity index (χ3v) is 11.7. The molecule has 4 aliphatic carbocycles. The first-order valence-corrected chi connectivity index (χ1v) is 13.8. The number of aryl methyl sites for hydroxylation is 1. The Hall–Kier alpha value is -1.99. The molecule has 2 aromatic rings. The number of aliphatic hydroxyl groups is 2. The molecule has 2 saturated carbocycles. The van der Waals surface area contributed by atoms with E-state index in [1.807, 2.05) is 14.1 Å². The Kier molecular flexibility index (Phi) is 3.99. The average Bonchev–Trinajstić information content (AvgIpc) is 3.15. The lowest BCUT2D eigenvalue weighted by molar-refractivity contribution is -0.248. The van der Waals surface area contributed by atoms with Gasteiger partial charge in [-0.2, -0.15) is 5.10 Å². The fourth-order valence-corrected chi connectivity index (χ4v) is 9.94. The van der Waals surface area contributed by atoms with Crippen molar-refractivity contribution in [1.82, 2.24) is 15.1 Å². The lowest BCUT2D eigenvalue weighted by Gasteiger charge is -2.59. The summed E-state index contributed by atoms with van der Waals surface area (Å²) in [7, 11) is 4.03. The molecule has 6 aliphatic rings. The molecule has 2 aliphatic heterocycles. The van der Waals surface area contributed by atoms with Gasteiger partial charge in [0.05, 0.1) is 28.9 Å². The van der Waals surface area contributed by atoms with E-state index in [1.165, 1.54) is 22.1 Å². The standard InChI is InChI=1S/C30H37N3O3/c1-16-18-6-5-17(13-22(18)32-31-16)19-7-8-24-27(19,2)10-9-20-21-14-29(21)26(35)25(34)23(33(3)4)15-28(29)11-12-30(20,24)36-28/h5-7,9,13,21,23-26,34-35H,8,10-12,14-15H2,1-4H3,(H,31,32). The molecular weight excluding hydrogens is 450 g/mol. The monoisotopic (exact) mass is 487 g/mol. The first-order valence-electron chi connectivity index (χ1n) is 13.8. The van der Waals surface area contributed by atoms with Gasteiger partial charge in [0.25, 0.3) is 0 Å². The summed E-state index contributed by atoms with van der Waals surface area (Å²) in [5.41, 5.74) is 5.41. The number of nitrogens with one attached hydrogen (secondary N) is 1. The predicted molar refractivity (Wildman–Crippen MR) is 138 cm³/mol. The number of rotatable bonds is 2. The van der Waals surface area contributed by atoms with E-state index in [0.717, 1.165) is 49.7 Å². The summed E-state index contributed by atoms with van der Waals surface area (Å²) in [5, 5.41) is 31.5. The second-order valence-electron chi connectivity index (χ2n) is 13.2. The maximum absolute atomic E-state index is 11.5.